The largest absolute Gasteiger partial charge is 0.212 e. The van der Waals surface area contributed by atoms with Crippen LogP contribution < -0.4 is 18.3 Å². The number of hydrogen-bond donors (Lipinski definition) is 0. The second-order valence-electron chi connectivity index (χ2n) is 16.4. The van der Waals surface area contributed by atoms with Crippen molar-refractivity contribution in [1.82, 2.24) is 0 Å². The van der Waals surface area contributed by atoms with E-state index in [-0.39, 0.29) is 0 Å². The molecule has 0 saturated carbocycles. The van der Waals surface area contributed by atoms with Gasteiger partial charge in [0.15, 0.2) is 24.8 Å². The Labute approximate surface area is 391 Å². The van der Waals surface area contributed by atoms with E-state index in [1.165, 1.54) is 61.5 Å². The molecule has 64 heavy (non-hydrogen) atoms. The first-order valence-corrected chi connectivity index (χ1v) is 22.4. The molecule has 8 aromatic rings. The number of rotatable bonds is 8. The maximum atomic E-state index is 7.81. The molecule has 4 nitrogen and oxygen atoms in total. The molecule has 0 unspecified atom stereocenters. The highest BCUT2D eigenvalue weighted by Crippen LogP contribution is 2.23. The molecule has 0 N–H and O–H groups in total. The fraction of sp³-hybridized carbons (Fsp3) is 0.267. The number of aryl methyl sites for hydroxylation is 12. The average Bonchev–Trinajstić information content (AvgIpc) is 3.30. The van der Waals surface area contributed by atoms with E-state index < -0.39 is 12.7 Å². The van der Waals surface area contributed by atoms with Gasteiger partial charge in [0.2, 0.25) is 22.8 Å². The maximum Gasteiger partial charge on any atom is 0.212 e. The summed E-state index contributed by atoms with van der Waals surface area (Å²) in [6.45, 7) is 16.0. The molecule has 0 saturated heterocycles. The second-order valence-corrected chi connectivity index (χ2v) is 16.4. The van der Waals surface area contributed by atoms with Crippen molar-refractivity contribution < 1.29 is 23.8 Å². The van der Waals surface area contributed by atoms with Crippen LogP contribution in [0.1, 0.15) is 77.7 Å². The zero-order chi connectivity index (χ0) is 49.8. The number of hydrogen-bond acceptors (Lipinski definition) is 0. The Morgan fingerprint density at radius 3 is 1.03 bits per heavy atom. The smallest absolute Gasteiger partial charge is 0.201 e. The Morgan fingerprint density at radius 2 is 0.672 bits per heavy atom. The Morgan fingerprint density at radius 1 is 0.344 bits per heavy atom. The molecule has 0 amide bonds. The van der Waals surface area contributed by atoms with E-state index in [9.17, 15) is 0 Å². The SMILES string of the molecule is CCc1cc[n+](C)c(-c2ccccc2C)c1.CCc1ccc(-c2ccccc2C)[n+](C)c1.[2H]C([2H])(C)c1cc[n+](C)c(-c2ccccc2C)c1.[2H]C([2H])(C)c1ccc(-c2ccccc2C)[n+](C)c1. The van der Waals surface area contributed by atoms with E-state index in [4.69, 9.17) is 5.48 Å². The monoisotopic (exact) mass is 853 g/mol. The minimum Gasteiger partial charge on any atom is -0.201 e. The van der Waals surface area contributed by atoms with Crippen LogP contribution in [-0.2, 0) is 53.8 Å². The Hall–Kier alpha value is -6.52. The standard InChI is InChI=1S/4C15H18N/c2*1-4-13-9-10-16(3)15(11-13)14-8-6-5-7-12(14)2;2*1-4-13-9-10-15(16(3)11-13)14-8-6-5-7-12(14)2/h4*5-11H,4H2,1-3H3/q4*+1/i4D2;;4D2;. The molecular formula is C60H72N4+4. The van der Waals surface area contributed by atoms with Gasteiger partial charge in [0, 0.05) is 75.3 Å². The molecule has 4 aromatic carbocycles. The van der Waals surface area contributed by atoms with Crippen LogP contribution in [0.2, 0.25) is 0 Å². The first kappa shape index (κ1) is 42.8. The van der Waals surface area contributed by atoms with Crippen LogP contribution in [-0.4, -0.2) is 0 Å². The summed E-state index contributed by atoms with van der Waals surface area (Å²) in [5.41, 5.74) is 18.9. The first-order chi connectivity index (χ1) is 32.2. The summed E-state index contributed by atoms with van der Waals surface area (Å²) in [5, 5.41) is 0. The first-order valence-electron chi connectivity index (χ1n) is 24.4. The molecular weight excluding hydrogens is 777 g/mol. The summed E-state index contributed by atoms with van der Waals surface area (Å²) in [6.07, 6.45) is 7.68. The molecule has 0 fully saturated rings. The van der Waals surface area contributed by atoms with Crippen molar-refractivity contribution in [2.24, 2.45) is 28.2 Å². The lowest BCUT2D eigenvalue weighted by molar-refractivity contribution is -0.660. The van der Waals surface area contributed by atoms with E-state index in [2.05, 4.69) is 174 Å². The fourth-order valence-corrected chi connectivity index (χ4v) is 7.72. The predicted molar refractivity (Wildman–Crippen MR) is 269 cm³/mol. The lowest BCUT2D eigenvalue weighted by Crippen LogP contribution is -2.31. The Bertz CT molecular complexity index is 2950. The Balaban J connectivity index is 0.000000170. The molecule has 4 heteroatoms. The highest BCUT2D eigenvalue weighted by atomic mass is 14.9. The lowest BCUT2D eigenvalue weighted by atomic mass is 10.0. The molecule has 0 atom stereocenters. The molecule has 0 aliphatic heterocycles. The molecule has 4 aromatic heterocycles. The molecule has 0 bridgehead atoms. The van der Waals surface area contributed by atoms with Crippen molar-refractivity contribution in [3.05, 3.63) is 215 Å². The van der Waals surface area contributed by atoms with Gasteiger partial charge in [-0.15, -0.1) is 0 Å². The number of nitrogens with zero attached hydrogens (tertiary/aromatic N) is 4. The third kappa shape index (κ3) is 12.8. The maximum absolute atomic E-state index is 7.81. The summed E-state index contributed by atoms with van der Waals surface area (Å²) in [7, 11) is 8.15. The number of aromatic nitrogens is 4. The van der Waals surface area contributed by atoms with E-state index in [1.54, 1.807) is 13.8 Å². The van der Waals surface area contributed by atoms with Gasteiger partial charge in [0.05, 0.1) is 0 Å². The van der Waals surface area contributed by atoms with Gasteiger partial charge in [0.25, 0.3) is 0 Å². The molecule has 0 aliphatic rings. The van der Waals surface area contributed by atoms with Gasteiger partial charge >= 0.3 is 0 Å². The molecule has 328 valence electrons. The molecule has 8 rings (SSSR count). The van der Waals surface area contributed by atoms with Gasteiger partial charge in [-0.1, -0.05) is 100 Å². The highest BCUT2D eigenvalue weighted by molar-refractivity contribution is 5.63. The normalized spacial score (nSPS) is 11.8. The highest BCUT2D eigenvalue weighted by Gasteiger charge is 2.15. The van der Waals surface area contributed by atoms with Crippen molar-refractivity contribution >= 4 is 0 Å². The molecule has 0 radical (unpaired) electrons. The predicted octanol–water partition coefficient (Wildman–Crippen LogP) is 12.2. The van der Waals surface area contributed by atoms with Crippen LogP contribution in [0.5, 0.6) is 0 Å². The average molecular weight is 853 g/mol. The quantitative estimate of drug-likeness (QED) is 0.135. The zero-order valence-electron chi connectivity index (χ0n) is 44.4. The number of benzene rings is 4. The van der Waals surface area contributed by atoms with E-state index in [0.29, 0.717) is 11.1 Å². The minimum absolute atomic E-state index is 0.697. The van der Waals surface area contributed by atoms with Crippen molar-refractivity contribution in [3.8, 4) is 45.0 Å². The minimum atomic E-state index is -1.31. The van der Waals surface area contributed by atoms with Crippen molar-refractivity contribution in [1.29, 1.82) is 0 Å². The van der Waals surface area contributed by atoms with Crippen molar-refractivity contribution in [3.63, 3.8) is 0 Å². The third-order valence-electron chi connectivity index (χ3n) is 11.8. The van der Waals surface area contributed by atoms with Crippen LogP contribution in [0.25, 0.3) is 45.0 Å². The van der Waals surface area contributed by atoms with E-state index >= 15 is 0 Å². The van der Waals surface area contributed by atoms with Crippen LogP contribution in [0, 0.1) is 27.7 Å². The van der Waals surface area contributed by atoms with Gasteiger partial charge < -0.3 is 0 Å². The summed E-state index contributed by atoms with van der Waals surface area (Å²) in [4.78, 5) is 0. The van der Waals surface area contributed by atoms with Crippen molar-refractivity contribution in [2.45, 2.75) is 81.0 Å². The fourth-order valence-electron chi connectivity index (χ4n) is 7.72. The van der Waals surface area contributed by atoms with Crippen LogP contribution in [0.3, 0.4) is 0 Å². The third-order valence-corrected chi connectivity index (χ3v) is 11.8. The van der Waals surface area contributed by atoms with E-state index in [0.717, 1.165) is 29.8 Å². The second kappa shape index (κ2) is 23.8. The molecule has 0 spiro atoms. The topological polar surface area (TPSA) is 15.5 Å². The van der Waals surface area contributed by atoms with E-state index in [1.807, 2.05) is 84.2 Å². The summed E-state index contributed by atoms with van der Waals surface area (Å²) in [5.74, 6) is 0. The van der Waals surface area contributed by atoms with Crippen LogP contribution in [0.4, 0.5) is 0 Å². The van der Waals surface area contributed by atoms with Crippen molar-refractivity contribution in [2.75, 3.05) is 0 Å². The van der Waals surface area contributed by atoms with Gasteiger partial charge in [0.1, 0.15) is 28.2 Å². The summed E-state index contributed by atoms with van der Waals surface area (Å²) in [6, 6.07) is 49.9. The molecule has 0 aliphatic carbocycles. The Kier molecular flexibility index (Phi) is 15.9. The van der Waals surface area contributed by atoms with Gasteiger partial charge in [-0.25, -0.2) is 18.3 Å². The van der Waals surface area contributed by atoms with Crippen LogP contribution in [0.15, 0.2) is 170 Å². The zero-order valence-corrected chi connectivity index (χ0v) is 40.4. The van der Waals surface area contributed by atoms with Gasteiger partial charge in [-0.3, -0.25) is 0 Å². The van der Waals surface area contributed by atoms with Gasteiger partial charge in [-0.2, -0.15) is 0 Å². The van der Waals surface area contributed by atoms with Gasteiger partial charge in [-0.05, 0) is 123 Å². The molecule has 4 heterocycles. The summed E-state index contributed by atoms with van der Waals surface area (Å²) < 4.78 is 39.5. The van der Waals surface area contributed by atoms with Crippen LogP contribution >= 0.6 is 0 Å². The lowest BCUT2D eigenvalue weighted by Gasteiger charge is -2.05. The summed E-state index contributed by atoms with van der Waals surface area (Å²) >= 11 is 0. The number of pyridine rings is 4.